The van der Waals surface area contributed by atoms with Gasteiger partial charge in [0.25, 0.3) is 0 Å². The molecule has 0 amide bonds. The molecule has 0 bridgehead atoms. The molecule has 6 heteroatoms. The summed E-state index contributed by atoms with van der Waals surface area (Å²) in [4.78, 5) is 0. The van der Waals surface area contributed by atoms with E-state index in [0.29, 0.717) is 5.82 Å². The number of hydrogen-bond acceptors (Lipinski definition) is 3. The largest absolute Gasteiger partial charge is 0.280 e. The van der Waals surface area contributed by atoms with Crippen LogP contribution in [-0.2, 0) is 16.4 Å². The van der Waals surface area contributed by atoms with Crippen LogP contribution in [0, 0.1) is 0 Å². The molecule has 0 radical (unpaired) electrons. The average Bonchev–Trinajstić information content (AvgIpc) is 2.86. The standard InChI is InChI=1S/C15H21N3O2S/c1-3-7-14-10-15(17-16-14)18-21(19,20)11-12(2)13-8-5-4-6-9-13/h4-6,8-10,12H,3,7,11H2,1-2H3,(H2,16,17,18). The van der Waals surface area contributed by atoms with Crippen LogP contribution < -0.4 is 4.72 Å². The lowest BCUT2D eigenvalue weighted by Gasteiger charge is -2.12. The summed E-state index contributed by atoms with van der Waals surface area (Å²) >= 11 is 0. The number of aryl methyl sites for hydroxylation is 1. The Morgan fingerprint density at radius 3 is 2.67 bits per heavy atom. The molecule has 1 heterocycles. The van der Waals surface area contributed by atoms with Crippen molar-refractivity contribution in [1.82, 2.24) is 10.2 Å². The van der Waals surface area contributed by atoms with Crippen molar-refractivity contribution in [3.8, 4) is 0 Å². The summed E-state index contributed by atoms with van der Waals surface area (Å²) in [6.07, 6.45) is 1.84. The van der Waals surface area contributed by atoms with Crippen molar-refractivity contribution >= 4 is 15.8 Å². The van der Waals surface area contributed by atoms with E-state index in [4.69, 9.17) is 0 Å². The Hall–Kier alpha value is -1.82. The molecule has 0 spiro atoms. The summed E-state index contributed by atoms with van der Waals surface area (Å²) in [5.41, 5.74) is 1.95. The minimum Gasteiger partial charge on any atom is -0.280 e. The lowest BCUT2D eigenvalue weighted by atomic mass is 10.0. The van der Waals surface area contributed by atoms with Crippen molar-refractivity contribution in [3.63, 3.8) is 0 Å². The molecule has 0 fully saturated rings. The fourth-order valence-electron chi connectivity index (χ4n) is 2.22. The number of aromatic nitrogens is 2. The van der Waals surface area contributed by atoms with E-state index < -0.39 is 10.0 Å². The van der Waals surface area contributed by atoms with Gasteiger partial charge < -0.3 is 0 Å². The van der Waals surface area contributed by atoms with Crippen LogP contribution in [0.25, 0.3) is 0 Å². The van der Waals surface area contributed by atoms with Crippen molar-refractivity contribution < 1.29 is 8.42 Å². The number of anilines is 1. The van der Waals surface area contributed by atoms with E-state index >= 15 is 0 Å². The molecule has 0 saturated carbocycles. The number of nitrogens with zero attached hydrogens (tertiary/aromatic N) is 1. The lowest BCUT2D eigenvalue weighted by Crippen LogP contribution is -2.20. The molecular weight excluding hydrogens is 286 g/mol. The third-order valence-corrected chi connectivity index (χ3v) is 4.71. The summed E-state index contributed by atoms with van der Waals surface area (Å²) in [7, 11) is -3.42. The third kappa shape index (κ3) is 4.60. The fourth-order valence-corrected chi connectivity index (χ4v) is 3.58. The van der Waals surface area contributed by atoms with Crippen LogP contribution in [0.1, 0.15) is 37.4 Å². The number of sulfonamides is 1. The first kappa shape index (κ1) is 15.6. The maximum absolute atomic E-state index is 12.2. The topological polar surface area (TPSA) is 74.8 Å². The predicted octanol–water partition coefficient (Wildman–Crippen LogP) is 2.91. The van der Waals surface area contributed by atoms with Crippen LogP contribution >= 0.6 is 0 Å². The van der Waals surface area contributed by atoms with Crippen molar-refractivity contribution in [3.05, 3.63) is 47.7 Å². The zero-order valence-electron chi connectivity index (χ0n) is 12.3. The Balaban J connectivity index is 2.01. The quantitative estimate of drug-likeness (QED) is 0.826. The Morgan fingerprint density at radius 1 is 1.29 bits per heavy atom. The Kier molecular flexibility index (Phi) is 5.01. The average molecular weight is 307 g/mol. The van der Waals surface area contributed by atoms with Crippen molar-refractivity contribution in [2.75, 3.05) is 10.5 Å². The maximum Gasteiger partial charge on any atom is 0.234 e. The molecule has 0 saturated heterocycles. The number of benzene rings is 1. The van der Waals surface area contributed by atoms with Gasteiger partial charge in [0.05, 0.1) is 5.75 Å². The second kappa shape index (κ2) is 6.76. The molecule has 114 valence electrons. The fraction of sp³-hybridized carbons (Fsp3) is 0.400. The summed E-state index contributed by atoms with van der Waals surface area (Å²) in [6, 6.07) is 11.4. The predicted molar refractivity (Wildman–Crippen MR) is 84.8 cm³/mol. The molecular formula is C15H21N3O2S. The monoisotopic (exact) mass is 307 g/mol. The highest BCUT2D eigenvalue weighted by molar-refractivity contribution is 7.92. The van der Waals surface area contributed by atoms with E-state index in [9.17, 15) is 8.42 Å². The number of aromatic amines is 1. The number of hydrogen-bond donors (Lipinski definition) is 2. The van der Waals surface area contributed by atoms with Crippen molar-refractivity contribution in [2.24, 2.45) is 0 Å². The van der Waals surface area contributed by atoms with Gasteiger partial charge in [-0.3, -0.25) is 9.82 Å². The van der Waals surface area contributed by atoms with Gasteiger partial charge in [0.2, 0.25) is 10.0 Å². The van der Waals surface area contributed by atoms with E-state index in [1.807, 2.05) is 37.3 Å². The van der Waals surface area contributed by atoms with Crippen LogP contribution in [0.4, 0.5) is 5.82 Å². The highest BCUT2D eigenvalue weighted by Gasteiger charge is 2.18. The molecule has 0 aliphatic carbocycles. The molecule has 1 aromatic carbocycles. The highest BCUT2D eigenvalue weighted by Crippen LogP contribution is 2.18. The second-order valence-electron chi connectivity index (χ2n) is 5.22. The van der Waals surface area contributed by atoms with E-state index in [-0.39, 0.29) is 11.7 Å². The molecule has 1 aromatic heterocycles. The molecule has 2 rings (SSSR count). The van der Waals surface area contributed by atoms with Gasteiger partial charge in [0, 0.05) is 11.8 Å². The van der Waals surface area contributed by atoms with Gasteiger partial charge >= 0.3 is 0 Å². The Labute approximate surface area is 125 Å². The zero-order chi connectivity index (χ0) is 15.3. The molecule has 1 unspecified atom stereocenters. The minimum absolute atomic E-state index is 0.0347. The van der Waals surface area contributed by atoms with Gasteiger partial charge in [-0.15, -0.1) is 0 Å². The molecule has 2 aromatic rings. The van der Waals surface area contributed by atoms with Crippen LogP contribution in [0.5, 0.6) is 0 Å². The summed E-state index contributed by atoms with van der Waals surface area (Å²) in [6.45, 7) is 3.97. The van der Waals surface area contributed by atoms with Gasteiger partial charge in [0.1, 0.15) is 0 Å². The summed E-state index contributed by atoms with van der Waals surface area (Å²) < 4.78 is 26.9. The molecule has 0 aliphatic rings. The van der Waals surface area contributed by atoms with Crippen LogP contribution in [0.2, 0.25) is 0 Å². The normalized spacial score (nSPS) is 13.0. The lowest BCUT2D eigenvalue weighted by molar-refractivity contribution is 0.595. The first-order valence-corrected chi connectivity index (χ1v) is 8.75. The molecule has 2 N–H and O–H groups in total. The van der Waals surface area contributed by atoms with Gasteiger partial charge in [-0.05, 0) is 17.9 Å². The van der Waals surface area contributed by atoms with Gasteiger partial charge in [-0.2, -0.15) is 5.10 Å². The third-order valence-electron chi connectivity index (χ3n) is 3.25. The van der Waals surface area contributed by atoms with E-state index in [1.54, 1.807) is 6.07 Å². The van der Waals surface area contributed by atoms with Gasteiger partial charge in [-0.1, -0.05) is 50.6 Å². The number of rotatable bonds is 7. The Morgan fingerprint density at radius 2 is 2.00 bits per heavy atom. The Bertz CT molecular complexity index is 665. The van der Waals surface area contributed by atoms with Crippen molar-refractivity contribution in [1.29, 1.82) is 0 Å². The van der Waals surface area contributed by atoms with Crippen LogP contribution in [0.3, 0.4) is 0 Å². The van der Waals surface area contributed by atoms with E-state index in [1.165, 1.54) is 0 Å². The highest BCUT2D eigenvalue weighted by atomic mass is 32.2. The molecule has 5 nitrogen and oxygen atoms in total. The smallest absolute Gasteiger partial charge is 0.234 e. The zero-order valence-corrected chi connectivity index (χ0v) is 13.2. The molecule has 0 aliphatic heterocycles. The van der Waals surface area contributed by atoms with Crippen LogP contribution in [0.15, 0.2) is 36.4 Å². The first-order chi connectivity index (χ1) is 10.00. The van der Waals surface area contributed by atoms with E-state index in [2.05, 4.69) is 21.8 Å². The summed E-state index contributed by atoms with van der Waals surface area (Å²) in [5, 5.41) is 6.82. The second-order valence-corrected chi connectivity index (χ2v) is 6.99. The van der Waals surface area contributed by atoms with Crippen molar-refractivity contribution in [2.45, 2.75) is 32.6 Å². The van der Waals surface area contributed by atoms with Gasteiger partial charge in [-0.25, -0.2) is 8.42 Å². The summed E-state index contributed by atoms with van der Waals surface area (Å²) in [5.74, 6) is 0.323. The minimum atomic E-state index is -3.42. The number of H-pyrrole nitrogens is 1. The first-order valence-electron chi connectivity index (χ1n) is 7.10. The van der Waals surface area contributed by atoms with Gasteiger partial charge in [0.15, 0.2) is 5.82 Å². The maximum atomic E-state index is 12.2. The SMILES string of the molecule is CCCc1cc(NS(=O)(=O)CC(C)c2ccccc2)n[nH]1. The van der Waals surface area contributed by atoms with E-state index in [0.717, 1.165) is 24.1 Å². The number of nitrogens with one attached hydrogen (secondary N) is 2. The molecule has 1 atom stereocenters. The molecule has 21 heavy (non-hydrogen) atoms. The van der Waals surface area contributed by atoms with Crippen LogP contribution in [-0.4, -0.2) is 24.4 Å².